The summed E-state index contributed by atoms with van der Waals surface area (Å²) < 4.78 is 5.35. The third-order valence-corrected chi connectivity index (χ3v) is 4.37. The Bertz CT molecular complexity index is 446. The minimum atomic E-state index is 0.209. The van der Waals surface area contributed by atoms with E-state index in [9.17, 15) is 0 Å². The molecule has 1 aromatic carbocycles. The van der Waals surface area contributed by atoms with Crippen LogP contribution in [0.2, 0.25) is 0 Å². The lowest BCUT2D eigenvalue weighted by atomic mass is 9.93. The molecule has 2 rings (SSSR count). The van der Waals surface area contributed by atoms with Crippen LogP contribution in [0.1, 0.15) is 32.8 Å². The Hall–Kier alpha value is -1.22. The van der Waals surface area contributed by atoms with Crippen LogP contribution in [-0.4, -0.2) is 31.8 Å². The van der Waals surface area contributed by atoms with Crippen LogP contribution >= 0.6 is 0 Å². The average molecular weight is 262 g/mol. The molecular formula is C16H26N2O. The van der Waals surface area contributed by atoms with Gasteiger partial charge >= 0.3 is 0 Å². The number of hydrogen-bond donors (Lipinski definition) is 1. The molecule has 0 radical (unpaired) electrons. The highest BCUT2D eigenvalue weighted by Gasteiger charge is 2.32. The van der Waals surface area contributed by atoms with E-state index in [0.717, 1.165) is 25.3 Å². The number of aryl methyl sites for hydroxylation is 1. The molecule has 106 valence electrons. The molecule has 3 heteroatoms. The van der Waals surface area contributed by atoms with E-state index in [2.05, 4.69) is 56.1 Å². The molecule has 1 aliphatic rings. The summed E-state index contributed by atoms with van der Waals surface area (Å²) in [5.74, 6) is 0.963. The maximum absolute atomic E-state index is 5.35. The Morgan fingerprint density at radius 2 is 2.21 bits per heavy atom. The Kier molecular flexibility index (Phi) is 4.04. The fourth-order valence-electron chi connectivity index (χ4n) is 2.72. The quantitative estimate of drug-likeness (QED) is 0.906. The first kappa shape index (κ1) is 14.2. The predicted molar refractivity (Wildman–Crippen MR) is 81.2 cm³/mol. The highest BCUT2D eigenvalue weighted by Crippen LogP contribution is 2.29. The van der Waals surface area contributed by atoms with Gasteiger partial charge in [-0.15, -0.1) is 0 Å². The minimum Gasteiger partial charge on any atom is -0.496 e. The van der Waals surface area contributed by atoms with Gasteiger partial charge in [0.2, 0.25) is 0 Å². The van der Waals surface area contributed by atoms with Gasteiger partial charge in [0, 0.05) is 30.4 Å². The molecule has 1 aliphatic heterocycles. The maximum atomic E-state index is 5.35. The first-order valence-corrected chi connectivity index (χ1v) is 7.15. The Balaban J connectivity index is 2.26. The van der Waals surface area contributed by atoms with Crippen molar-refractivity contribution in [1.29, 1.82) is 0 Å². The van der Waals surface area contributed by atoms with Crippen molar-refractivity contribution < 1.29 is 4.74 Å². The van der Waals surface area contributed by atoms with E-state index >= 15 is 0 Å². The highest BCUT2D eigenvalue weighted by atomic mass is 16.5. The van der Waals surface area contributed by atoms with Crippen molar-refractivity contribution in [3.8, 4) is 5.75 Å². The van der Waals surface area contributed by atoms with Crippen molar-refractivity contribution in [1.82, 2.24) is 5.32 Å². The summed E-state index contributed by atoms with van der Waals surface area (Å²) in [5.41, 5.74) is 2.70. The summed E-state index contributed by atoms with van der Waals surface area (Å²) in [6, 6.07) is 7.00. The zero-order chi connectivity index (χ0) is 14.0. The van der Waals surface area contributed by atoms with E-state index in [4.69, 9.17) is 4.74 Å². The molecule has 19 heavy (non-hydrogen) atoms. The first-order valence-electron chi connectivity index (χ1n) is 7.15. The van der Waals surface area contributed by atoms with Gasteiger partial charge in [0.05, 0.1) is 7.11 Å². The van der Waals surface area contributed by atoms with Gasteiger partial charge in [0.15, 0.2) is 0 Å². The summed E-state index contributed by atoms with van der Waals surface area (Å²) >= 11 is 0. The van der Waals surface area contributed by atoms with E-state index in [1.165, 1.54) is 11.3 Å². The predicted octanol–water partition coefficient (Wildman–Crippen LogP) is 2.97. The molecule has 1 aromatic rings. The van der Waals surface area contributed by atoms with Gasteiger partial charge in [-0.05, 0) is 51.0 Å². The van der Waals surface area contributed by atoms with Crippen molar-refractivity contribution in [2.75, 3.05) is 25.1 Å². The zero-order valence-corrected chi connectivity index (χ0v) is 12.8. The number of nitrogens with one attached hydrogen (secondary N) is 1. The third-order valence-electron chi connectivity index (χ3n) is 4.37. The summed E-state index contributed by atoms with van der Waals surface area (Å²) in [7, 11) is 1.73. The van der Waals surface area contributed by atoms with Crippen LogP contribution in [0.4, 0.5) is 5.69 Å². The van der Waals surface area contributed by atoms with Gasteiger partial charge < -0.3 is 15.0 Å². The second-order valence-electron chi connectivity index (χ2n) is 5.93. The van der Waals surface area contributed by atoms with Gasteiger partial charge in [-0.2, -0.15) is 0 Å². The standard InChI is InChI=1S/C16H26N2O/c1-6-16(4)11-18(13(3)10-17-16)14-7-8-15(19-5)12(2)9-14/h7-9,13,17H,6,10-11H2,1-5H3. The third kappa shape index (κ3) is 2.86. The lowest BCUT2D eigenvalue weighted by Gasteiger charge is -2.46. The van der Waals surface area contributed by atoms with E-state index in [-0.39, 0.29) is 5.54 Å². The number of anilines is 1. The number of rotatable bonds is 3. The number of ether oxygens (including phenoxy) is 1. The molecule has 1 N–H and O–H groups in total. The second-order valence-corrected chi connectivity index (χ2v) is 5.93. The summed E-state index contributed by atoms with van der Waals surface area (Å²) in [6.07, 6.45) is 1.14. The van der Waals surface area contributed by atoms with Gasteiger partial charge in [0.25, 0.3) is 0 Å². The fraction of sp³-hybridized carbons (Fsp3) is 0.625. The molecule has 0 aromatic heterocycles. The summed E-state index contributed by atoms with van der Waals surface area (Å²) in [4.78, 5) is 2.51. The van der Waals surface area contributed by atoms with Gasteiger partial charge in [-0.25, -0.2) is 0 Å². The molecule has 0 saturated carbocycles. The van der Waals surface area contributed by atoms with E-state index < -0.39 is 0 Å². The molecule has 3 nitrogen and oxygen atoms in total. The van der Waals surface area contributed by atoms with Crippen LogP contribution in [0, 0.1) is 6.92 Å². The van der Waals surface area contributed by atoms with Crippen molar-refractivity contribution in [2.45, 2.75) is 45.7 Å². The normalized spacial score (nSPS) is 27.4. The Morgan fingerprint density at radius 3 is 2.79 bits per heavy atom. The lowest BCUT2D eigenvalue weighted by molar-refractivity contribution is 0.285. The Morgan fingerprint density at radius 1 is 1.47 bits per heavy atom. The molecule has 1 heterocycles. The van der Waals surface area contributed by atoms with Crippen LogP contribution < -0.4 is 15.0 Å². The number of methoxy groups -OCH3 is 1. The van der Waals surface area contributed by atoms with Gasteiger partial charge in [0.1, 0.15) is 5.75 Å². The van der Waals surface area contributed by atoms with E-state index in [0.29, 0.717) is 6.04 Å². The van der Waals surface area contributed by atoms with Crippen LogP contribution in [-0.2, 0) is 0 Å². The van der Waals surface area contributed by atoms with E-state index in [1.807, 2.05) is 0 Å². The van der Waals surface area contributed by atoms with Crippen LogP contribution in [0.5, 0.6) is 5.75 Å². The monoisotopic (exact) mass is 262 g/mol. The molecule has 0 spiro atoms. The smallest absolute Gasteiger partial charge is 0.121 e. The number of hydrogen-bond acceptors (Lipinski definition) is 3. The minimum absolute atomic E-state index is 0.209. The lowest BCUT2D eigenvalue weighted by Crippen LogP contribution is -2.62. The number of nitrogens with zero attached hydrogens (tertiary/aromatic N) is 1. The topological polar surface area (TPSA) is 24.5 Å². The molecule has 0 amide bonds. The molecule has 1 saturated heterocycles. The number of benzene rings is 1. The van der Waals surface area contributed by atoms with Crippen molar-refractivity contribution in [3.63, 3.8) is 0 Å². The molecular weight excluding hydrogens is 236 g/mol. The van der Waals surface area contributed by atoms with Crippen LogP contribution in [0.3, 0.4) is 0 Å². The SMILES string of the molecule is CCC1(C)CN(c2ccc(OC)c(C)c2)C(C)CN1. The van der Waals surface area contributed by atoms with Crippen molar-refractivity contribution in [2.24, 2.45) is 0 Å². The molecule has 0 aliphatic carbocycles. The first-order chi connectivity index (χ1) is 8.99. The zero-order valence-electron chi connectivity index (χ0n) is 12.8. The van der Waals surface area contributed by atoms with Gasteiger partial charge in [-0.3, -0.25) is 0 Å². The Labute approximate surface area is 116 Å². The molecule has 0 bridgehead atoms. The largest absolute Gasteiger partial charge is 0.496 e. The summed E-state index contributed by atoms with van der Waals surface area (Å²) in [5, 5.41) is 3.67. The maximum Gasteiger partial charge on any atom is 0.121 e. The average Bonchev–Trinajstić information content (AvgIpc) is 2.42. The van der Waals surface area contributed by atoms with Crippen LogP contribution in [0.15, 0.2) is 18.2 Å². The second kappa shape index (κ2) is 5.41. The highest BCUT2D eigenvalue weighted by molar-refractivity contribution is 5.54. The fourth-order valence-corrected chi connectivity index (χ4v) is 2.72. The van der Waals surface area contributed by atoms with Crippen molar-refractivity contribution in [3.05, 3.63) is 23.8 Å². The molecule has 2 unspecified atom stereocenters. The van der Waals surface area contributed by atoms with Crippen molar-refractivity contribution >= 4 is 5.69 Å². The molecule has 2 atom stereocenters. The number of piperazine rings is 1. The van der Waals surface area contributed by atoms with Crippen LogP contribution in [0.25, 0.3) is 0 Å². The van der Waals surface area contributed by atoms with Gasteiger partial charge in [-0.1, -0.05) is 6.92 Å². The summed E-state index contributed by atoms with van der Waals surface area (Å²) in [6.45, 7) is 11.0. The molecule has 1 fully saturated rings. The van der Waals surface area contributed by atoms with E-state index in [1.54, 1.807) is 7.11 Å².